The predicted molar refractivity (Wildman–Crippen MR) is 169 cm³/mol. The van der Waals surface area contributed by atoms with E-state index in [2.05, 4.69) is 156 Å². The van der Waals surface area contributed by atoms with Crippen LogP contribution >= 0.6 is 11.3 Å². The number of benzene rings is 6. The number of nitrogens with one attached hydrogen (secondary N) is 1. The average molecular weight is 519 g/mol. The lowest BCUT2D eigenvalue weighted by Gasteiger charge is -2.26. The molecule has 1 N–H and O–H groups in total. The Morgan fingerprint density at radius 3 is 1.87 bits per heavy atom. The second kappa shape index (κ2) is 10.1. The number of nitrogens with zero attached hydrogens (tertiary/aromatic N) is 1. The van der Waals surface area contributed by atoms with Crippen molar-refractivity contribution in [2.45, 2.75) is 0 Å². The molecular formula is C36H26N2S. The molecule has 1 aromatic heterocycles. The van der Waals surface area contributed by atoms with Crippen LogP contribution in [-0.2, 0) is 0 Å². The summed E-state index contributed by atoms with van der Waals surface area (Å²) in [6, 6.07) is 53.8. The number of anilines is 5. The van der Waals surface area contributed by atoms with Gasteiger partial charge in [-0.1, -0.05) is 84.9 Å². The molecule has 7 rings (SSSR count). The zero-order chi connectivity index (χ0) is 26.0. The van der Waals surface area contributed by atoms with Gasteiger partial charge in [0.15, 0.2) is 0 Å². The lowest BCUT2D eigenvalue weighted by molar-refractivity contribution is 1.29. The number of rotatable bonds is 6. The first-order valence-electron chi connectivity index (χ1n) is 13.1. The summed E-state index contributed by atoms with van der Waals surface area (Å²) in [7, 11) is 0. The lowest BCUT2D eigenvalue weighted by atomic mass is 10.1. The Hall–Kier alpha value is -4.86. The molecule has 0 unspecified atom stereocenters. The molecule has 0 aliphatic carbocycles. The molecule has 0 aliphatic heterocycles. The summed E-state index contributed by atoms with van der Waals surface area (Å²) < 4.78 is 2.63. The van der Waals surface area contributed by atoms with Gasteiger partial charge in [0.2, 0.25) is 0 Å². The van der Waals surface area contributed by atoms with Gasteiger partial charge in [0, 0.05) is 48.6 Å². The van der Waals surface area contributed by atoms with E-state index in [4.69, 9.17) is 0 Å². The van der Waals surface area contributed by atoms with Crippen molar-refractivity contribution in [3.8, 4) is 11.1 Å². The van der Waals surface area contributed by atoms with Crippen LogP contribution < -0.4 is 10.2 Å². The van der Waals surface area contributed by atoms with Crippen molar-refractivity contribution in [1.82, 2.24) is 0 Å². The van der Waals surface area contributed by atoms with E-state index >= 15 is 0 Å². The quantitative estimate of drug-likeness (QED) is 0.235. The van der Waals surface area contributed by atoms with E-state index in [-0.39, 0.29) is 0 Å². The highest BCUT2D eigenvalue weighted by atomic mass is 32.1. The van der Waals surface area contributed by atoms with Crippen LogP contribution in [0.1, 0.15) is 0 Å². The number of thiophene rings is 1. The van der Waals surface area contributed by atoms with E-state index in [9.17, 15) is 0 Å². The van der Waals surface area contributed by atoms with Gasteiger partial charge in [-0.2, -0.15) is 0 Å². The Bertz CT molecular complexity index is 1870. The molecule has 0 radical (unpaired) electrons. The molecule has 0 spiro atoms. The first-order chi connectivity index (χ1) is 19.3. The van der Waals surface area contributed by atoms with Gasteiger partial charge in [-0.3, -0.25) is 0 Å². The van der Waals surface area contributed by atoms with Crippen LogP contribution in [0.2, 0.25) is 0 Å². The molecule has 0 saturated carbocycles. The molecule has 0 bridgehead atoms. The second-order valence-corrected chi connectivity index (χ2v) is 10.7. The number of fused-ring (bicyclic) bond motifs is 3. The van der Waals surface area contributed by atoms with Crippen LogP contribution in [0.5, 0.6) is 0 Å². The zero-order valence-corrected chi connectivity index (χ0v) is 22.1. The Labute approximate surface area is 232 Å². The maximum absolute atomic E-state index is 3.61. The molecule has 39 heavy (non-hydrogen) atoms. The van der Waals surface area contributed by atoms with Crippen molar-refractivity contribution in [2.24, 2.45) is 0 Å². The molecule has 7 aromatic rings. The average Bonchev–Trinajstić information content (AvgIpc) is 3.37. The van der Waals surface area contributed by atoms with E-state index in [0.29, 0.717) is 0 Å². The number of para-hydroxylation sites is 1. The highest BCUT2D eigenvalue weighted by Gasteiger charge is 2.15. The van der Waals surface area contributed by atoms with Gasteiger partial charge in [-0.25, -0.2) is 0 Å². The molecule has 0 aliphatic rings. The predicted octanol–water partition coefficient (Wildman–Crippen LogP) is 10.9. The highest BCUT2D eigenvalue weighted by Crippen LogP contribution is 2.41. The van der Waals surface area contributed by atoms with Gasteiger partial charge >= 0.3 is 0 Å². The van der Waals surface area contributed by atoms with Gasteiger partial charge in [0.25, 0.3) is 0 Å². The fourth-order valence-corrected chi connectivity index (χ4v) is 6.23. The lowest BCUT2D eigenvalue weighted by Crippen LogP contribution is -2.10. The first-order valence-corrected chi connectivity index (χ1v) is 13.9. The molecule has 1 heterocycles. The Morgan fingerprint density at radius 1 is 0.410 bits per heavy atom. The van der Waals surface area contributed by atoms with Crippen molar-refractivity contribution >= 4 is 59.9 Å². The van der Waals surface area contributed by atoms with Crippen molar-refractivity contribution in [3.63, 3.8) is 0 Å². The molecule has 3 heteroatoms. The van der Waals surface area contributed by atoms with Crippen molar-refractivity contribution < 1.29 is 0 Å². The van der Waals surface area contributed by atoms with Crippen molar-refractivity contribution in [2.75, 3.05) is 10.2 Å². The van der Waals surface area contributed by atoms with E-state index in [0.717, 1.165) is 28.4 Å². The molecule has 0 fully saturated rings. The Balaban J connectivity index is 1.25. The van der Waals surface area contributed by atoms with E-state index in [1.165, 1.54) is 31.3 Å². The monoisotopic (exact) mass is 518 g/mol. The molecule has 0 amide bonds. The first kappa shape index (κ1) is 23.3. The minimum absolute atomic E-state index is 1.04. The minimum Gasteiger partial charge on any atom is -0.355 e. The SMILES string of the molecule is c1ccc(-c2ccc(Nc3cccc(N(c4ccccc4)c4ccc5sc6ccccc6c5c4)c3)cc2)cc1. The third-order valence-electron chi connectivity index (χ3n) is 7.02. The van der Waals surface area contributed by atoms with Gasteiger partial charge in [0.1, 0.15) is 0 Å². The van der Waals surface area contributed by atoms with Crippen LogP contribution in [0.15, 0.2) is 152 Å². The molecule has 2 nitrogen and oxygen atoms in total. The van der Waals surface area contributed by atoms with Crippen LogP contribution in [0.4, 0.5) is 28.4 Å². The van der Waals surface area contributed by atoms with Gasteiger partial charge in [-0.15, -0.1) is 11.3 Å². The summed E-state index contributed by atoms with van der Waals surface area (Å²) in [5.74, 6) is 0. The number of hydrogen-bond acceptors (Lipinski definition) is 3. The standard InChI is InChI=1S/C36H26N2S/c1-3-10-26(11-4-1)27-18-20-28(21-19-27)37-29-12-9-15-31(24-29)38(30-13-5-2-6-14-30)32-22-23-36-34(25-32)33-16-7-8-17-35(33)39-36/h1-25,37H. The summed E-state index contributed by atoms with van der Waals surface area (Å²) in [6.45, 7) is 0. The number of hydrogen-bond donors (Lipinski definition) is 1. The van der Waals surface area contributed by atoms with E-state index in [1.807, 2.05) is 17.4 Å². The normalized spacial score (nSPS) is 11.1. The zero-order valence-electron chi connectivity index (χ0n) is 21.3. The second-order valence-electron chi connectivity index (χ2n) is 9.57. The fourth-order valence-electron chi connectivity index (χ4n) is 5.14. The molecule has 0 atom stereocenters. The largest absolute Gasteiger partial charge is 0.355 e. The Kier molecular flexibility index (Phi) is 6.04. The van der Waals surface area contributed by atoms with E-state index < -0.39 is 0 Å². The third kappa shape index (κ3) is 4.65. The van der Waals surface area contributed by atoms with Gasteiger partial charge < -0.3 is 10.2 Å². The van der Waals surface area contributed by atoms with E-state index in [1.54, 1.807) is 0 Å². The van der Waals surface area contributed by atoms with Gasteiger partial charge in [-0.05, 0) is 77.9 Å². The van der Waals surface area contributed by atoms with Crippen molar-refractivity contribution in [1.29, 1.82) is 0 Å². The summed E-state index contributed by atoms with van der Waals surface area (Å²) >= 11 is 1.85. The van der Waals surface area contributed by atoms with Crippen LogP contribution in [0, 0.1) is 0 Å². The summed E-state index contributed by atoms with van der Waals surface area (Å²) in [5.41, 5.74) is 7.90. The third-order valence-corrected chi connectivity index (χ3v) is 8.17. The molecule has 186 valence electrons. The summed E-state index contributed by atoms with van der Waals surface area (Å²) in [4.78, 5) is 2.33. The highest BCUT2D eigenvalue weighted by molar-refractivity contribution is 7.25. The van der Waals surface area contributed by atoms with Crippen LogP contribution in [0.3, 0.4) is 0 Å². The maximum atomic E-state index is 3.61. The fraction of sp³-hybridized carbons (Fsp3) is 0. The molecule has 0 saturated heterocycles. The molecule has 6 aromatic carbocycles. The minimum atomic E-state index is 1.04. The smallest absolute Gasteiger partial charge is 0.0482 e. The van der Waals surface area contributed by atoms with Crippen molar-refractivity contribution in [3.05, 3.63) is 152 Å². The maximum Gasteiger partial charge on any atom is 0.0482 e. The van der Waals surface area contributed by atoms with Gasteiger partial charge in [0.05, 0.1) is 0 Å². The summed E-state index contributed by atoms with van der Waals surface area (Å²) in [5, 5.41) is 6.21. The van der Waals surface area contributed by atoms with Crippen LogP contribution in [0.25, 0.3) is 31.3 Å². The Morgan fingerprint density at radius 2 is 1.05 bits per heavy atom. The topological polar surface area (TPSA) is 15.3 Å². The van der Waals surface area contributed by atoms with Crippen LogP contribution in [-0.4, -0.2) is 0 Å². The molecular weight excluding hydrogens is 492 g/mol. The summed E-state index contributed by atoms with van der Waals surface area (Å²) in [6.07, 6.45) is 0.